The Hall–Kier alpha value is -1.59. The molecule has 1 amide bonds. The lowest BCUT2D eigenvalue weighted by Crippen LogP contribution is -2.35. The van der Waals surface area contributed by atoms with E-state index in [9.17, 15) is 14.4 Å². The Kier molecular flexibility index (Phi) is 6.14. The molecule has 0 aromatic heterocycles. The van der Waals surface area contributed by atoms with Crippen molar-refractivity contribution in [3.05, 3.63) is 0 Å². The van der Waals surface area contributed by atoms with Crippen LogP contribution in [0.3, 0.4) is 0 Å². The Bertz CT molecular complexity index is 276. The van der Waals surface area contributed by atoms with Gasteiger partial charge in [0.2, 0.25) is 5.91 Å². The van der Waals surface area contributed by atoms with Crippen LogP contribution in [-0.4, -0.2) is 34.1 Å². The number of hydrogen-bond acceptors (Lipinski definition) is 3. The summed E-state index contributed by atoms with van der Waals surface area (Å²) >= 11 is 0. The van der Waals surface area contributed by atoms with Crippen molar-refractivity contribution >= 4 is 17.8 Å². The van der Waals surface area contributed by atoms with Crippen LogP contribution >= 0.6 is 0 Å². The average molecular weight is 231 g/mol. The average Bonchev–Trinajstić information content (AvgIpc) is 2.14. The van der Waals surface area contributed by atoms with Gasteiger partial charge in [-0.1, -0.05) is 6.92 Å². The van der Waals surface area contributed by atoms with Crippen LogP contribution in [0.15, 0.2) is 0 Å². The number of nitrogens with one attached hydrogen (secondary N) is 1. The first-order chi connectivity index (χ1) is 7.32. The van der Waals surface area contributed by atoms with E-state index in [4.69, 9.17) is 10.2 Å². The van der Waals surface area contributed by atoms with Gasteiger partial charge in [0.25, 0.3) is 0 Å². The molecule has 0 saturated heterocycles. The van der Waals surface area contributed by atoms with E-state index in [1.807, 2.05) is 0 Å². The zero-order chi connectivity index (χ0) is 12.7. The van der Waals surface area contributed by atoms with Crippen molar-refractivity contribution in [2.45, 2.75) is 39.2 Å². The highest BCUT2D eigenvalue weighted by Crippen LogP contribution is 2.06. The number of amides is 1. The minimum Gasteiger partial charge on any atom is -0.481 e. The van der Waals surface area contributed by atoms with E-state index in [2.05, 4.69) is 5.32 Å². The van der Waals surface area contributed by atoms with Crippen LogP contribution in [0, 0.1) is 5.92 Å². The van der Waals surface area contributed by atoms with Gasteiger partial charge in [0.05, 0.1) is 12.3 Å². The molecule has 92 valence electrons. The van der Waals surface area contributed by atoms with E-state index in [1.54, 1.807) is 13.8 Å². The largest absolute Gasteiger partial charge is 0.481 e. The van der Waals surface area contributed by atoms with Gasteiger partial charge in [0.15, 0.2) is 0 Å². The quantitative estimate of drug-likeness (QED) is 0.590. The predicted octanol–water partition coefficient (Wildman–Crippen LogP) is 0.467. The first-order valence-corrected chi connectivity index (χ1v) is 5.07. The van der Waals surface area contributed by atoms with E-state index >= 15 is 0 Å². The van der Waals surface area contributed by atoms with Crippen LogP contribution in [0.1, 0.15) is 33.1 Å². The number of rotatable bonds is 7. The summed E-state index contributed by atoms with van der Waals surface area (Å²) in [6.07, 6.45) is 0.0301. The fraction of sp³-hybridized carbons (Fsp3) is 0.700. The smallest absolute Gasteiger partial charge is 0.306 e. The van der Waals surface area contributed by atoms with Crippen molar-refractivity contribution < 1.29 is 24.6 Å². The topological polar surface area (TPSA) is 104 Å². The van der Waals surface area contributed by atoms with Gasteiger partial charge in [-0.2, -0.15) is 0 Å². The fourth-order valence-corrected chi connectivity index (χ4v) is 1.26. The van der Waals surface area contributed by atoms with Crippen LogP contribution in [0.2, 0.25) is 0 Å². The molecule has 0 bridgehead atoms. The lowest BCUT2D eigenvalue weighted by atomic mass is 10.0. The first kappa shape index (κ1) is 14.4. The summed E-state index contributed by atoms with van der Waals surface area (Å²) in [6, 6.07) is -0.271. The van der Waals surface area contributed by atoms with Gasteiger partial charge in [-0.05, 0) is 13.3 Å². The van der Waals surface area contributed by atoms with E-state index in [-0.39, 0.29) is 24.8 Å². The highest BCUT2D eigenvalue weighted by Gasteiger charge is 2.16. The van der Waals surface area contributed by atoms with Gasteiger partial charge in [-0.3, -0.25) is 14.4 Å². The van der Waals surface area contributed by atoms with Crippen molar-refractivity contribution in [3.8, 4) is 0 Å². The van der Waals surface area contributed by atoms with Gasteiger partial charge in [0, 0.05) is 12.5 Å². The highest BCUT2D eigenvalue weighted by atomic mass is 16.4. The summed E-state index contributed by atoms with van der Waals surface area (Å²) in [5.74, 6) is -2.84. The first-order valence-electron chi connectivity index (χ1n) is 5.07. The zero-order valence-electron chi connectivity index (χ0n) is 9.40. The molecule has 0 saturated carbocycles. The molecular formula is C10H17NO5. The van der Waals surface area contributed by atoms with Crippen LogP contribution in [-0.2, 0) is 14.4 Å². The summed E-state index contributed by atoms with van der Waals surface area (Å²) < 4.78 is 0. The molecule has 2 unspecified atom stereocenters. The maximum atomic E-state index is 11.2. The Balaban J connectivity index is 3.86. The van der Waals surface area contributed by atoms with Crippen molar-refractivity contribution in [3.63, 3.8) is 0 Å². The number of hydrogen-bond donors (Lipinski definition) is 3. The minimum atomic E-state index is -1.03. The second-order valence-corrected chi connectivity index (χ2v) is 3.84. The van der Waals surface area contributed by atoms with E-state index < -0.39 is 17.9 Å². The second-order valence-electron chi connectivity index (χ2n) is 3.84. The van der Waals surface area contributed by atoms with Crippen LogP contribution in [0.5, 0.6) is 0 Å². The predicted molar refractivity (Wildman–Crippen MR) is 55.9 cm³/mol. The van der Waals surface area contributed by atoms with E-state index in [0.29, 0.717) is 6.42 Å². The number of carbonyl (C=O) groups excluding carboxylic acids is 1. The minimum absolute atomic E-state index is 0.0822. The summed E-state index contributed by atoms with van der Waals surface area (Å²) in [4.78, 5) is 31.9. The summed E-state index contributed by atoms with van der Waals surface area (Å²) in [5, 5.41) is 19.6. The highest BCUT2D eigenvalue weighted by molar-refractivity contribution is 5.80. The third kappa shape index (κ3) is 6.80. The maximum Gasteiger partial charge on any atom is 0.306 e. The van der Waals surface area contributed by atoms with Gasteiger partial charge in [-0.15, -0.1) is 0 Å². The van der Waals surface area contributed by atoms with Crippen LogP contribution < -0.4 is 5.32 Å². The van der Waals surface area contributed by atoms with Crippen LogP contribution in [0.25, 0.3) is 0 Å². The Morgan fingerprint density at radius 3 is 2.12 bits per heavy atom. The molecule has 3 N–H and O–H groups in total. The monoisotopic (exact) mass is 231 g/mol. The normalized spacial score (nSPS) is 13.9. The Labute approximate surface area is 93.6 Å². The van der Waals surface area contributed by atoms with Gasteiger partial charge >= 0.3 is 11.9 Å². The Morgan fingerprint density at radius 2 is 1.69 bits per heavy atom. The molecule has 6 nitrogen and oxygen atoms in total. The maximum absolute atomic E-state index is 11.2. The molecule has 16 heavy (non-hydrogen) atoms. The molecule has 0 aliphatic rings. The van der Waals surface area contributed by atoms with Crippen molar-refractivity contribution in [1.29, 1.82) is 0 Å². The molecule has 0 aromatic rings. The standard InChI is InChI=1S/C10H17NO5/c1-6(10(15)16)5-7(2)11-8(12)3-4-9(13)14/h6-7H,3-5H2,1-2H3,(H,11,12)(H,13,14)(H,15,16). The van der Waals surface area contributed by atoms with Gasteiger partial charge in [0.1, 0.15) is 0 Å². The molecule has 6 heteroatoms. The lowest BCUT2D eigenvalue weighted by molar-refractivity contribution is -0.141. The number of aliphatic carboxylic acids is 2. The molecule has 0 heterocycles. The number of carbonyl (C=O) groups is 3. The van der Waals surface area contributed by atoms with Gasteiger partial charge < -0.3 is 15.5 Å². The van der Waals surface area contributed by atoms with Crippen molar-refractivity contribution in [2.75, 3.05) is 0 Å². The number of carboxylic acid groups (broad SMARTS) is 2. The molecule has 0 aliphatic heterocycles. The van der Waals surface area contributed by atoms with E-state index in [0.717, 1.165) is 0 Å². The second kappa shape index (κ2) is 6.81. The lowest BCUT2D eigenvalue weighted by Gasteiger charge is -2.15. The molecular weight excluding hydrogens is 214 g/mol. The van der Waals surface area contributed by atoms with Crippen molar-refractivity contribution in [2.24, 2.45) is 5.92 Å². The Morgan fingerprint density at radius 1 is 1.12 bits per heavy atom. The molecule has 0 spiro atoms. The summed E-state index contributed by atoms with van der Waals surface area (Å²) in [7, 11) is 0. The van der Waals surface area contributed by atoms with Crippen molar-refractivity contribution in [1.82, 2.24) is 5.32 Å². The van der Waals surface area contributed by atoms with Crippen LogP contribution in [0.4, 0.5) is 0 Å². The zero-order valence-corrected chi connectivity index (χ0v) is 9.40. The molecule has 0 radical (unpaired) electrons. The van der Waals surface area contributed by atoms with Gasteiger partial charge in [-0.25, -0.2) is 0 Å². The number of carboxylic acids is 2. The molecule has 2 atom stereocenters. The molecule has 0 rings (SSSR count). The summed E-state index contributed by atoms with van der Waals surface area (Å²) in [6.45, 7) is 3.25. The molecule has 0 fully saturated rings. The SMILES string of the molecule is CC(CC(C)C(=O)O)NC(=O)CCC(=O)O. The summed E-state index contributed by atoms with van der Waals surface area (Å²) in [5.41, 5.74) is 0. The molecule has 0 aliphatic carbocycles. The molecule has 0 aromatic carbocycles. The van der Waals surface area contributed by atoms with E-state index in [1.165, 1.54) is 0 Å². The third-order valence-electron chi connectivity index (χ3n) is 2.10. The fourth-order valence-electron chi connectivity index (χ4n) is 1.26. The third-order valence-corrected chi connectivity index (χ3v) is 2.10.